The molecule has 0 radical (unpaired) electrons. The third kappa shape index (κ3) is 3.48. The number of hydrogen-bond acceptors (Lipinski definition) is 4. The Morgan fingerprint density at radius 2 is 2.32 bits per heavy atom. The number of thioether (sulfide) groups is 1. The maximum Gasteiger partial charge on any atom is 0.234 e. The number of nitrogens with one attached hydrogen (secondary N) is 2. The van der Waals surface area contributed by atoms with Crippen molar-refractivity contribution >= 4 is 28.7 Å². The van der Waals surface area contributed by atoms with Gasteiger partial charge < -0.3 is 16.0 Å². The molecule has 2 aromatic rings. The lowest BCUT2D eigenvalue weighted by Crippen LogP contribution is -2.34. The molecule has 0 saturated carbocycles. The number of fused-ring (bicyclic) bond motifs is 1. The van der Waals surface area contributed by atoms with Crippen molar-refractivity contribution in [2.45, 2.75) is 12.5 Å². The highest BCUT2D eigenvalue weighted by molar-refractivity contribution is 7.98. The maximum atomic E-state index is 11.5. The summed E-state index contributed by atoms with van der Waals surface area (Å²) in [5, 5.41) is 2.91. The summed E-state index contributed by atoms with van der Waals surface area (Å²) < 4.78 is 0. The fraction of sp³-hybridized carbons (Fsp3) is 0.385. The van der Waals surface area contributed by atoms with E-state index in [4.69, 9.17) is 5.73 Å². The van der Waals surface area contributed by atoms with Crippen LogP contribution in [0.2, 0.25) is 0 Å². The van der Waals surface area contributed by atoms with Gasteiger partial charge in [-0.05, 0) is 30.6 Å². The van der Waals surface area contributed by atoms with Crippen molar-refractivity contribution in [1.29, 1.82) is 0 Å². The Kier molecular flexibility index (Phi) is 4.81. The van der Waals surface area contributed by atoms with Crippen molar-refractivity contribution in [3.63, 3.8) is 0 Å². The molecule has 1 heterocycles. The van der Waals surface area contributed by atoms with E-state index in [-0.39, 0.29) is 18.5 Å². The van der Waals surface area contributed by atoms with Crippen LogP contribution in [0, 0.1) is 0 Å². The molecule has 1 aromatic carbocycles. The van der Waals surface area contributed by atoms with Gasteiger partial charge in [-0.3, -0.25) is 4.79 Å². The minimum Gasteiger partial charge on any atom is -0.345 e. The number of aromatic nitrogens is 2. The van der Waals surface area contributed by atoms with Crippen molar-refractivity contribution in [1.82, 2.24) is 15.3 Å². The lowest BCUT2D eigenvalue weighted by atomic mass is 10.2. The molecule has 2 rings (SSSR count). The average Bonchev–Trinajstić information content (AvgIpc) is 2.86. The number of nitrogens with zero attached hydrogens (tertiary/aromatic N) is 1. The van der Waals surface area contributed by atoms with E-state index in [0.29, 0.717) is 0 Å². The second-order valence-electron chi connectivity index (χ2n) is 4.24. The molecule has 1 amide bonds. The van der Waals surface area contributed by atoms with E-state index in [1.165, 1.54) is 0 Å². The second kappa shape index (κ2) is 6.58. The highest BCUT2D eigenvalue weighted by atomic mass is 32.2. The Hall–Kier alpha value is -1.53. The summed E-state index contributed by atoms with van der Waals surface area (Å²) in [5.41, 5.74) is 7.25. The molecule has 0 bridgehead atoms. The quantitative estimate of drug-likeness (QED) is 0.746. The summed E-state index contributed by atoms with van der Waals surface area (Å²) in [4.78, 5) is 19.3. The van der Waals surface area contributed by atoms with Gasteiger partial charge in [0.15, 0.2) is 0 Å². The first kappa shape index (κ1) is 13.9. The second-order valence-corrected chi connectivity index (χ2v) is 5.23. The van der Waals surface area contributed by atoms with Crippen LogP contribution in [0.1, 0.15) is 18.3 Å². The zero-order chi connectivity index (χ0) is 13.7. The fourth-order valence-corrected chi connectivity index (χ4v) is 2.38. The first-order valence-corrected chi connectivity index (χ1v) is 7.57. The van der Waals surface area contributed by atoms with E-state index in [2.05, 4.69) is 15.3 Å². The Morgan fingerprint density at radius 3 is 3.00 bits per heavy atom. The third-order valence-corrected chi connectivity index (χ3v) is 3.51. The minimum absolute atomic E-state index is 0.00397. The van der Waals surface area contributed by atoms with E-state index in [1.54, 1.807) is 11.8 Å². The topological polar surface area (TPSA) is 83.8 Å². The first-order valence-electron chi connectivity index (χ1n) is 6.17. The van der Waals surface area contributed by atoms with Crippen LogP contribution in [0.4, 0.5) is 0 Å². The van der Waals surface area contributed by atoms with Crippen molar-refractivity contribution in [3.8, 4) is 0 Å². The van der Waals surface area contributed by atoms with Crippen molar-refractivity contribution < 1.29 is 4.79 Å². The monoisotopic (exact) mass is 278 g/mol. The van der Waals surface area contributed by atoms with Gasteiger partial charge in [0.05, 0.1) is 23.6 Å². The molecule has 1 atom stereocenters. The number of carbonyl (C=O) groups is 1. The van der Waals surface area contributed by atoms with Gasteiger partial charge >= 0.3 is 0 Å². The summed E-state index contributed by atoms with van der Waals surface area (Å²) in [7, 11) is 0. The van der Waals surface area contributed by atoms with Crippen LogP contribution in [0.3, 0.4) is 0 Å². The zero-order valence-electron chi connectivity index (χ0n) is 10.8. The van der Waals surface area contributed by atoms with Crippen LogP contribution in [-0.2, 0) is 4.79 Å². The number of aromatic amines is 1. The van der Waals surface area contributed by atoms with Crippen LogP contribution in [-0.4, -0.2) is 34.4 Å². The summed E-state index contributed by atoms with van der Waals surface area (Å²) in [6.45, 7) is -0.00397. The Bertz CT molecular complexity index is 521. The number of H-pyrrole nitrogens is 1. The molecule has 0 aliphatic carbocycles. The maximum absolute atomic E-state index is 11.5. The molecular weight excluding hydrogens is 260 g/mol. The van der Waals surface area contributed by atoms with Gasteiger partial charge in [0.1, 0.15) is 5.82 Å². The molecular formula is C13H18N4OS. The van der Waals surface area contributed by atoms with Crippen molar-refractivity contribution in [2.75, 3.05) is 18.6 Å². The summed E-state index contributed by atoms with van der Waals surface area (Å²) >= 11 is 1.74. The van der Waals surface area contributed by atoms with Gasteiger partial charge in [0.2, 0.25) is 5.91 Å². The third-order valence-electron chi connectivity index (χ3n) is 2.87. The molecule has 1 aromatic heterocycles. The summed E-state index contributed by atoms with van der Waals surface area (Å²) in [5.74, 6) is 1.58. The molecule has 5 nitrogen and oxygen atoms in total. The smallest absolute Gasteiger partial charge is 0.234 e. The SMILES string of the molecule is CSCCC(NC(=O)CN)c1nc2ccccc2[nH]1. The van der Waals surface area contributed by atoms with Gasteiger partial charge in [0, 0.05) is 0 Å². The highest BCUT2D eigenvalue weighted by Crippen LogP contribution is 2.19. The number of para-hydroxylation sites is 2. The fourth-order valence-electron chi connectivity index (χ4n) is 1.90. The molecule has 6 heteroatoms. The largest absolute Gasteiger partial charge is 0.345 e. The molecule has 0 aliphatic rings. The summed E-state index contributed by atoms with van der Waals surface area (Å²) in [6, 6.07) is 7.71. The van der Waals surface area contributed by atoms with Crippen molar-refractivity contribution in [2.24, 2.45) is 5.73 Å². The molecule has 19 heavy (non-hydrogen) atoms. The number of benzene rings is 1. The zero-order valence-corrected chi connectivity index (χ0v) is 11.7. The Labute approximate surface area is 116 Å². The molecule has 1 unspecified atom stereocenters. The first-order chi connectivity index (χ1) is 9.24. The number of amides is 1. The van der Waals surface area contributed by atoms with Gasteiger partial charge in [0.25, 0.3) is 0 Å². The van der Waals surface area contributed by atoms with Crippen LogP contribution in [0.25, 0.3) is 11.0 Å². The molecule has 102 valence electrons. The van der Waals surface area contributed by atoms with Crippen LogP contribution in [0.15, 0.2) is 24.3 Å². The van der Waals surface area contributed by atoms with E-state index < -0.39 is 0 Å². The summed E-state index contributed by atoms with van der Waals surface area (Å²) in [6.07, 6.45) is 2.87. The average molecular weight is 278 g/mol. The number of rotatable bonds is 6. The minimum atomic E-state index is -0.161. The predicted molar refractivity (Wildman–Crippen MR) is 79.0 cm³/mol. The number of imidazole rings is 1. The Morgan fingerprint density at radius 1 is 1.53 bits per heavy atom. The molecule has 0 fully saturated rings. The van der Waals surface area contributed by atoms with E-state index >= 15 is 0 Å². The van der Waals surface area contributed by atoms with E-state index in [1.807, 2.05) is 30.5 Å². The molecule has 0 saturated heterocycles. The standard InChI is InChI=1S/C13H18N4OS/c1-19-7-6-11(15-12(18)8-14)13-16-9-4-2-3-5-10(9)17-13/h2-5,11H,6-8,14H2,1H3,(H,15,18)(H,16,17). The number of hydrogen-bond donors (Lipinski definition) is 3. The number of nitrogens with two attached hydrogens (primary N) is 1. The van der Waals surface area contributed by atoms with Gasteiger partial charge in [-0.2, -0.15) is 11.8 Å². The van der Waals surface area contributed by atoms with Crippen LogP contribution in [0.5, 0.6) is 0 Å². The lowest BCUT2D eigenvalue weighted by Gasteiger charge is -2.15. The molecule has 4 N–H and O–H groups in total. The lowest BCUT2D eigenvalue weighted by molar-refractivity contribution is -0.120. The van der Waals surface area contributed by atoms with E-state index in [9.17, 15) is 4.79 Å². The van der Waals surface area contributed by atoms with Crippen molar-refractivity contribution in [3.05, 3.63) is 30.1 Å². The normalized spacial score (nSPS) is 12.5. The molecule has 0 aliphatic heterocycles. The Balaban J connectivity index is 2.22. The van der Waals surface area contributed by atoms with Crippen LogP contribution < -0.4 is 11.1 Å². The predicted octanol–water partition coefficient (Wildman–Crippen LogP) is 1.43. The van der Waals surface area contributed by atoms with E-state index in [0.717, 1.165) is 29.0 Å². The van der Waals surface area contributed by atoms with Gasteiger partial charge in [-0.15, -0.1) is 0 Å². The van der Waals surface area contributed by atoms with Gasteiger partial charge in [-0.25, -0.2) is 4.98 Å². The number of carbonyl (C=O) groups excluding carboxylic acids is 1. The highest BCUT2D eigenvalue weighted by Gasteiger charge is 2.17. The molecule has 0 spiro atoms. The van der Waals surface area contributed by atoms with Crippen LogP contribution >= 0.6 is 11.8 Å². The van der Waals surface area contributed by atoms with Gasteiger partial charge in [-0.1, -0.05) is 12.1 Å².